The molecule has 3 rings (SSSR count). The maximum absolute atomic E-state index is 12.2. The molecule has 0 atom stereocenters. The molecule has 1 N–H and O–H groups in total. The van der Waals surface area contributed by atoms with Crippen LogP contribution in [0, 0.1) is 13.8 Å². The molecule has 0 radical (unpaired) electrons. The van der Waals surface area contributed by atoms with E-state index in [9.17, 15) is 4.79 Å². The van der Waals surface area contributed by atoms with Gasteiger partial charge in [0.2, 0.25) is 0 Å². The van der Waals surface area contributed by atoms with Crippen LogP contribution < -0.4 is 10.1 Å². The zero-order valence-corrected chi connectivity index (χ0v) is 12.5. The van der Waals surface area contributed by atoms with E-state index < -0.39 is 6.09 Å². The number of benzene rings is 2. The fourth-order valence-electron chi connectivity index (χ4n) is 2.40. The van der Waals surface area contributed by atoms with Crippen molar-refractivity contribution in [3.63, 3.8) is 0 Å². The van der Waals surface area contributed by atoms with Gasteiger partial charge in [-0.15, -0.1) is 0 Å². The molecule has 0 bridgehead atoms. The van der Waals surface area contributed by atoms with E-state index in [0.717, 1.165) is 22.2 Å². The largest absolute Gasteiger partial charge is 0.417 e. The van der Waals surface area contributed by atoms with Crippen molar-refractivity contribution in [1.29, 1.82) is 0 Å². The summed E-state index contributed by atoms with van der Waals surface area (Å²) in [5, 5.41) is 3.73. The fourth-order valence-corrected chi connectivity index (χ4v) is 2.40. The van der Waals surface area contributed by atoms with E-state index in [1.807, 2.05) is 56.3 Å². The molecule has 1 heterocycles. The molecule has 0 fully saturated rings. The summed E-state index contributed by atoms with van der Waals surface area (Å²) >= 11 is 0. The number of aromatic nitrogens is 1. The molecule has 3 aromatic rings. The lowest BCUT2D eigenvalue weighted by Gasteiger charge is -2.12. The fraction of sp³-hybridized carbons (Fsp3) is 0.111. The first kappa shape index (κ1) is 14.1. The number of amides is 1. The Labute approximate surface area is 128 Å². The van der Waals surface area contributed by atoms with E-state index >= 15 is 0 Å². The van der Waals surface area contributed by atoms with Gasteiger partial charge in [-0.3, -0.25) is 10.3 Å². The summed E-state index contributed by atoms with van der Waals surface area (Å²) in [7, 11) is 0. The van der Waals surface area contributed by atoms with E-state index in [0.29, 0.717) is 11.3 Å². The molecule has 4 heteroatoms. The van der Waals surface area contributed by atoms with Crippen molar-refractivity contribution in [3.05, 3.63) is 65.9 Å². The first-order chi connectivity index (χ1) is 10.6. The predicted molar refractivity (Wildman–Crippen MR) is 87.3 cm³/mol. The van der Waals surface area contributed by atoms with Gasteiger partial charge in [-0.25, -0.2) is 4.79 Å². The molecular formula is C18H16N2O2. The monoisotopic (exact) mass is 292 g/mol. The van der Waals surface area contributed by atoms with Crippen LogP contribution in [0.25, 0.3) is 10.9 Å². The minimum Gasteiger partial charge on any atom is -0.408 e. The Morgan fingerprint density at radius 3 is 2.45 bits per heavy atom. The number of hydrogen-bond donors (Lipinski definition) is 1. The Morgan fingerprint density at radius 2 is 1.68 bits per heavy atom. The van der Waals surface area contributed by atoms with Crippen LogP contribution in [0.2, 0.25) is 0 Å². The summed E-state index contributed by atoms with van der Waals surface area (Å²) in [6, 6.07) is 15.1. The number of aryl methyl sites for hydroxylation is 2. The first-order valence-corrected chi connectivity index (χ1v) is 7.04. The standard InChI is InChI=1S/C18H16N2O2/c1-12-6-3-7-13(2)16(12)20-18(21)22-15-10-4-8-14-9-5-11-19-17(14)15/h3-11H,1-2H3,(H,20,21). The molecule has 110 valence electrons. The maximum Gasteiger partial charge on any atom is 0.417 e. The third-order valence-corrected chi connectivity index (χ3v) is 3.51. The Balaban J connectivity index is 1.85. The van der Waals surface area contributed by atoms with Gasteiger partial charge in [-0.2, -0.15) is 0 Å². The Morgan fingerprint density at radius 1 is 1.00 bits per heavy atom. The van der Waals surface area contributed by atoms with Crippen LogP contribution in [0.15, 0.2) is 54.7 Å². The molecule has 2 aromatic carbocycles. The summed E-state index contributed by atoms with van der Waals surface area (Å²) in [5.74, 6) is 0.446. The van der Waals surface area contributed by atoms with Gasteiger partial charge in [-0.05, 0) is 37.1 Å². The summed E-state index contributed by atoms with van der Waals surface area (Å²) in [5.41, 5.74) is 3.43. The number of carbonyl (C=O) groups excluding carboxylic acids is 1. The van der Waals surface area contributed by atoms with Gasteiger partial charge in [0.05, 0.1) is 0 Å². The van der Waals surface area contributed by atoms with Gasteiger partial charge >= 0.3 is 6.09 Å². The summed E-state index contributed by atoms with van der Waals surface area (Å²) < 4.78 is 5.43. The number of pyridine rings is 1. The van der Waals surface area contributed by atoms with E-state index in [1.165, 1.54) is 0 Å². The third-order valence-electron chi connectivity index (χ3n) is 3.51. The second kappa shape index (κ2) is 5.85. The minimum absolute atomic E-state index is 0.446. The Kier molecular flexibility index (Phi) is 3.74. The van der Waals surface area contributed by atoms with Crippen molar-refractivity contribution in [2.75, 3.05) is 5.32 Å². The Bertz CT molecular complexity index is 818. The predicted octanol–water partition coefficient (Wildman–Crippen LogP) is 4.46. The van der Waals surface area contributed by atoms with Gasteiger partial charge in [0.1, 0.15) is 5.52 Å². The van der Waals surface area contributed by atoms with Crippen LogP contribution in [-0.2, 0) is 0 Å². The van der Waals surface area contributed by atoms with Gasteiger partial charge < -0.3 is 4.74 Å². The van der Waals surface area contributed by atoms with Gasteiger partial charge in [0.25, 0.3) is 0 Å². The van der Waals surface area contributed by atoms with Crippen molar-refractivity contribution in [1.82, 2.24) is 4.98 Å². The average molecular weight is 292 g/mol. The maximum atomic E-state index is 12.2. The second-order valence-corrected chi connectivity index (χ2v) is 5.11. The lowest BCUT2D eigenvalue weighted by molar-refractivity contribution is 0.215. The van der Waals surface area contributed by atoms with E-state index in [2.05, 4.69) is 10.3 Å². The molecule has 22 heavy (non-hydrogen) atoms. The first-order valence-electron chi connectivity index (χ1n) is 7.04. The van der Waals surface area contributed by atoms with Crippen molar-refractivity contribution in [2.45, 2.75) is 13.8 Å². The Hall–Kier alpha value is -2.88. The number of rotatable bonds is 2. The van der Waals surface area contributed by atoms with E-state index in [1.54, 1.807) is 12.3 Å². The van der Waals surface area contributed by atoms with Crippen molar-refractivity contribution in [3.8, 4) is 5.75 Å². The van der Waals surface area contributed by atoms with Crippen LogP contribution in [0.4, 0.5) is 10.5 Å². The third kappa shape index (κ3) is 2.76. The van der Waals surface area contributed by atoms with E-state index in [4.69, 9.17) is 4.74 Å². The number of para-hydroxylation sites is 2. The number of fused-ring (bicyclic) bond motifs is 1. The highest BCUT2D eigenvalue weighted by atomic mass is 16.6. The summed E-state index contributed by atoms with van der Waals surface area (Å²) in [6.45, 7) is 3.89. The molecule has 1 amide bonds. The van der Waals surface area contributed by atoms with Crippen LogP contribution in [0.1, 0.15) is 11.1 Å². The van der Waals surface area contributed by atoms with Gasteiger partial charge in [0, 0.05) is 17.3 Å². The number of ether oxygens (including phenoxy) is 1. The molecule has 0 saturated heterocycles. The molecule has 0 unspecified atom stereocenters. The normalized spacial score (nSPS) is 10.5. The van der Waals surface area contributed by atoms with Crippen LogP contribution in [0.3, 0.4) is 0 Å². The number of hydrogen-bond acceptors (Lipinski definition) is 3. The summed E-state index contributed by atoms with van der Waals surface area (Å²) in [4.78, 5) is 16.4. The molecular weight excluding hydrogens is 276 g/mol. The molecule has 0 saturated carbocycles. The molecule has 0 aliphatic rings. The number of nitrogens with one attached hydrogen (secondary N) is 1. The minimum atomic E-state index is -0.518. The molecule has 0 aliphatic heterocycles. The molecule has 0 spiro atoms. The van der Waals surface area contributed by atoms with Crippen molar-refractivity contribution < 1.29 is 9.53 Å². The van der Waals surface area contributed by atoms with E-state index in [-0.39, 0.29) is 0 Å². The lowest BCUT2D eigenvalue weighted by atomic mass is 10.1. The highest BCUT2D eigenvalue weighted by molar-refractivity contribution is 5.92. The number of anilines is 1. The topological polar surface area (TPSA) is 51.2 Å². The lowest BCUT2D eigenvalue weighted by Crippen LogP contribution is -2.18. The zero-order valence-electron chi connectivity index (χ0n) is 12.5. The second-order valence-electron chi connectivity index (χ2n) is 5.11. The van der Waals surface area contributed by atoms with Crippen LogP contribution >= 0.6 is 0 Å². The average Bonchev–Trinajstić information content (AvgIpc) is 2.51. The van der Waals surface area contributed by atoms with Crippen LogP contribution in [-0.4, -0.2) is 11.1 Å². The highest BCUT2D eigenvalue weighted by Gasteiger charge is 2.11. The van der Waals surface area contributed by atoms with Gasteiger partial charge in [0.15, 0.2) is 5.75 Å². The SMILES string of the molecule is Cc1cccc(C)c1NC(=O)Oc1cccc2cccnc12. The highest BCUT2D eigenvalue weighted by Crippen LogP contribution is 2.24. The molecule has 1 aromatic heterocycles. The van der Waals surface area contributed by atoms with Gasteiger partial charge in [-0.1, -0.05) is 36.4 Å². The molecule has 0 aliphatic carbocycles. The number of nitrogens with zero attached hydrogens (tertiary/aromatic N) is 1. The molecule has 4 nitrogen and oxygen atoms in total. The smallest absolute Gasteiger partial charge is 0.408 e. The summed E-state index contributed by atoms with van der Waals surface area (Å²) in [6.07, 6.45) is 1.16. The number of carbonyl (C=O) groups is 1. The van der Waals surface area contributed by atoms with Crippen molar-refractivity contribution >= 4 is 22.7 Å². The quantitative estimate of drug-likeness (QED) is 0.758. The van der Waals surface area contributed by atoms with Crippen LogP contribution in [0.5, 0.6) is 5.75 Å². The zero-order chi connectivity index (χ0) is 15.5. The van der Waals surface area contributed by atoms with Crippen molar-refractivity contribution in [2.24, 2.45) is 0 Å².